The lowest BCUT2D eigenvalue weighted by molar-refractivity contribution is -0.119. The highest BCUT2D eigenvalue weighted by molar-refractivity contribution is 5.26. The van der Waals surface area contributed by atoms with E-state index in [4.69, 9.17) is 14.2 Å². The molecule has 4 heteroatoms. The van der Waals surface area contributed by atoms with E-state index in [1.54, 1.807) is 14.2 Å². The van der Waals surface area contributed by atoms with Crippen molar-refractivity contribution in [1.29, 1.82) is 0 Å². The van der Waals surface area contributed by atoms with Crippen molar-refractivity contribution >= 4 is 0 Å². The fraction of sp³-hybridized carbons (Fsp3) is 0.600. The Bertz CT molecular complexity index is 353. The van der Waals surface area contributed by atoms with Crippen molar-refractivity contribution < 1.29 is 14.2 Å². The van der Waals surface area contributed by atoms with Crippen LogP contribution in [-0.2, 0) is 27.4 Å². The number of ether oxygens (including phenoxy) is 3. The zero-order chi connectivity index (χ0) is 14.1. The second kappa shape index (κ2) is 9.04. The molecule has 0 aromatic heterocycles. The summed E-state index contributed by atoms with van der Waals surface area (Å²) in [6, 6.07) is 8.41. The van der Waals surface area contributed by atoms with Crippen LogP contribution in [0.15, 0.2) is 24.3 Å². The SMILES string of the molecule is CCOCc1ccccc1CNC(C)C(OC)OC. The Morgan fingerprint density at radius 2 is 1.74 bits per heavy atom. The van der Waals surface area contributed by atoms with Gasteiger partial charge in [-0.05, 0) is 25.0 Å². The van der Waals surface area contributed by atoms with Crippen LogP contribution in [0, 0.1) is 0 Å². The maximum atomic E-state index is 5.48. The fourth-order valence-corrected chi connectivity index (χ4v) is 1.95. The summed E-state index contributed by atoms with van der Waals surface area (Å²) in [5.74, 6) is 0. The molecule has 0 saturated carbocycles. The van der Waals surface area contributed by atoms with Crippen LogP contribution in [-0.4, -0.2) is 33.2 Å². The molecule has 0 heterocycles. The lowest BCUT2D eigenvalue weighted by atomic mass is 10.1. The second-order valence-electron chi connectivity index (χ2n) is 4.42. The van der Waals surface area contributed by atoms with Crippen LogP contribution in [0.4, 0.5) is 0 Å². The molecule has 1 aromatic rings. The second-order valence-corrected chi connectivity index (χ2v) is 4.42. The highest BCUT2D eigenvalue weighted by atomic mass is 16.7. The van der Waals surface area contributed by atoms with Gasteiger partial charge < -0.3 is 19.5 Å². The smallest absolute Gasteiger partial charge is 0.171 e. The third kappa shape index (κ3) is 5.28. The third-order valence-corrected chi connectivity index (χ3v) is 3.07. The van der Waals surface area contributed by atoms with Crippen molar-refractivity contribution in [3.63, 3.8) is 0 Å². The predicted octanol–water partition coefficient (Wildman–Crippen LogP) is 2.32. The predicted molar refractivity (Wildman–Crippen MR) is 75.9 cm³/mol. The van der Waals surface area contributed by atoms with Crippen LogP contribution < -0.4 is 5.32 Å². The van der Waals surface area contributed by atoms with Crippen molar-refractivity contribution in [2.75, 3.05) is 20.8 Å². The standard InChI is InChI=1S/C15H25NO3/c1-5-19-11-14-9-7-6-8-13(14)10-16-12(2)15(17-3)18-4/h6-9,12,15-16H,5,10-11H2,1-4H3. The molecule has 4 nitrogen and oxygen atoms in total. The molecule has 0 aliphatic heterocycles. The monoisotopic (exact) mass is 267 g/mol. The summed E-state index contributed by atoms with van der Waals surface area (Å²) >= 11 is 0. The summed E-state index contributed by atoms with van der Waals surface area (Å²) in [6.07, 6.45) is -0.237. The normalized spacial score (nSPS) is 12.9. The molecule has 1 unspecified atom stereocenters. The van der Waals surface area contributed by atoms with Gasteiger partial charge in [0.25, 0.3) is 0 Å². The molecule has 0 bridgehead atoms. The van der Waals surface area contributed by atoms with E-state index in [1.165, 1.54) is 11.1 Å². The van der Waals surface area contributed by atoms with E-state index in [0.29, 0.717) is 6.61 Å². The average molecular weight is 267 g/mol. The molecular formula is C15H25NO3. The number of hydrogen-bond donors (Lipinski definition) is 1. The van der Waals surface area contributed by atoms with Crippen molar-refractivity contribution in [3.8, 4) is 0 Å². The van der Waals surface area contributed by atoms with Gasteiger partial charge in [0.2, 0.25) is 0 Å². The first kappa shape index (κ1) is 16.1. The first-order chi connectivity index (χ1) is 9.22. The molecule has 19 heavy (non-hydrogen) atoms. The molecule has 0 radical (unpaired) electrons. The Morgan fingerprint density at radius 3 is 2.32 bits per heavy atom. The van der Waals surface area contributed by atoms with E-state index in [-0.39, 0.29) is 12.3 Å². The van der Waals surface area contributed by atoms with Gasteiger partial charge in [-0.25, -0.2) is 0 Å². The Balaban J connectivity index is 2.56. The van der Waals surface area contributed by atoms with Crippen LogP contribution in [0.1, 0.15) is 25.0 Å². The molecule has 0 saturated heterocycles. The molecular weight excluding hydrogens is 242 g/mol. The van der Waals surface area contributed by atoms with Gasteiger partial charge in [-0.2, -0.15) is 0 Å². The van der Waals surface area contributed by atoms with Gasteiger partial charge in [0.1, 0.15) is 0 Å². The molecule has 1 N–H and O–H groups in total. The Morgan fingerprint density at radius 1 is 1.11 bits per heavy atom. The molecule has 0 aliphatic carbocycles. The largest absolute Gasteiger partial charge is 0.377 e. The van der Waals surface area contributed by atoms with E-state index < -0.39 is 0 Å². The van der Waals surface area contributed by atoms with Gasteiger partial charge >= 0.3 is 0 Å². The van der Waals surface area contributed by atoms with E-state index in [9.17, 15) is 0 Å². The Kier molecular flexibility index (Phi) is 7.67. The highest BCUT2D eigenvalue weighted by Crippen LogP contribution is 2.11. The number of nitrogens with one attached hydrogen (secondary N) is 1. The van der Waals surface area contributed by atoms with Crippen LogP contribution in [0.25, 0.3) is 0 Å². The zero-order valence-corrected chi connectivity index (χ0v) is 12.3. The number of hydrogen-bond acceptors (Lipinski definition) is 4. The van der Waals surface area contributed by atoms with Crippen LogP contribution >= 0.6 is 0 Å². The summed E-state index contributed by atoms with van der Waals surface area (Å²) in [4.78, 5) is 0. The first-order valence-electron chi connectivity index (χ1n) is 6.66. The van der Waals surface area contributed by atoms with Crippen molar-refractivity contribution in [2.45, 2.75) is 39.3 Å². The van der Waals surface area contributed by atoms with Gasteiger partial charge in [0.05, 0.1) is 12.6 Å². The minimum atomic E-state index is -0.237. The van der Waals surface area contributed by atoms with E-state index in [2.05, 4.69) is 17.4 Å². The number of benzene rings is 1. The summed E-state index contributed by atoms with van der Waals surface area (Å²) in [6.45, 7) is 6.20. The van der Waals surface area contributed by atoms with Crippen molar-refractivity contribution in [3.05, 3.63) is 35.4 Å². The van der Waals surface area contributed by atoms with Crippen molar-refractivity contribution in [2.24, 2.45) is 0 Å². The molecule has 0 amide bonds. The van der Waals surface area contributed by atoms with Gasteiger partial charge in [0.15, 0.2) is 6.29 Å². The van der Waals surface area contributed by atoms with Gasteiger partial charge in [-0.15, -0.1) is 0 Å². The average Bonchev–Trinajstić information content (AvgIpc) is 2.45. The maximum absolute atomic E-state index is 5.48. The molecule has 0 aliphatic rings. The molecule has 0 fully saturated rings. The fourth-order valence-electron chi connectivity index (χ4n) is 1.95. The lowest BCUT2D eigenvalue weighted by Gasteiger charge is -2.22. The first-order valence-corrected chi connectivity index (χ1v) is 6.66. The molecule has 0 spiro atoms. The third-order valence-electron chi connectivity index (χ3n) is 3.07. The topological polar surface area (TPSA) is 39.7 Å². The minimum absolute atomic E-state index is 0.121. The van der Waals surface area contributed by atoms with E-state index in [1.807, 2.05) is 26.0 Å². The summed E-state index contributed by atoms with van der Waals surface area (Å²) in [5, 5.41) is 3.41. The minimum Gasteiger partial charge on any atom is -0.377 e. The van der Waals surface area contributed by atoms with E-state index in [0.717, 1.165) is 13.2 Å². The number of methoxy groups -OCH3 is 2. The summed E-state index contributed by atoms with van der Waals surface area (Å²) < 4.78 is 16.0. The van der Waals surface area contributed by atoms with Crippen LogP contribution in [0.5, 0.6) is 0 Å². The molecule has 1 atom stereocenters. The maximum Gasteiger partial charge on any atom is 0.171 e. The molecule has 108 valence electrons. The summed E-state index contributed by atoms with van der Waals surface area (Å²) in [7, 11) is 3.30. The summed E-state index contributed by atoms with van der Waals surface area (Å²) in [5.41, 5.74) is 2.46. The number of rotatable bonds is 9. The van der Waals surface area contributed by atoms with E-state index >= 15 is 0 Å². The van der Waals surface area contributed by atoms with Crippen LogP contribution in [0.3, 0.4) is 0 Å². The zero-order valence-electron chi connectivity index (χ0n) is 12.3. The Labute approximate surface area is 116 Å². The molecule has 1 aromatic carbocycles. The van der Waals surface area contributed by atoms with Gasteiger partial charge in [-0.3, -0.25) is 0 Å². The lowest BCUT2D eigenvalue weighted by Crippen LogP contribution is -2.39. The van der Waals surface area contributed by atoms with Crippen LogP contribution in [0.2, 0.25) is 0 Å². The Hall–Kier alpha value is -0.940. The quantitative estimate of drug-likeness (QED) is 0.697. The molecule has 1 rings (SSSR count). The highest BCUT2D eigenvalue weighted by Gasteiger charge is 2.15. The van der Waals surface area contributed by atoms with Crippen molar-refractivity contribution in [1.82, 2.24) is 5.32 Å². The van der Waals surface area contributed by atoms with Gasteiger partial charge in [-0.1, -0.05) is 24.3 Å². The van der Waals surface area contributed by atoms with Gasteiger partial charge in [0, 0.05) is 27.4 Å².